The van der Waals surface area contributed by atoms with Crippen molar-refractivity contribution in [1.29, 1.82) is 0 Å². The maximum atomic E-state index is 13.3. The van der Waals surface area contributed by atoms with E-state index in [-0.39, 0.29) is 23.4 Å². The molecule has 2 atom stereocenters. The van der Waals surface area contributed by atoms with Crippen LogP contribution in [0.2, 0.25) is 0 Å². The Labute approximate surface area is 208 Å². The lowest BCUT2D eigenvalue weighted by atomic mass is 9.91. The van der Waals surface area contributed by atoms with Gasteiger partial charge < -0.3 is 5.32 Å². The van der Waals surface area contributed by atoms with Gasteiger partial charge in [0.2, 0.25) is 26.0 Å². The third kappa shape index (κ3) is 7.00. The van der Waals surface area contributed by atoms with Gasteiger partial charge in [0, 0.05) is 30.6 Å². The average Bonchev–Trinajstić information content (AvgIpc) is 3.31. The highest BCUT2D eigenvalue weighted by Gasteiger charge is 2.35. The lowest BCUT2D eigenvalue weighted by molar-refractivity contribution is -0.123. The van der Waals surface area contributed by atoms with Gasteiger partial charge >= 0.3 is 0 Å². The minimum Gasteiger partial charge on any atom is -0.353 e. The van der Waals surface area contributed by atoms with Crippen molar-refractivity contribution < 1.29 is 21.6 Å². The van der Waals surface area contributed by atoms with Gasteiger partial charge in [0.15, 0.2) is 0 Å². The molecule has 1 aliphatic heterocycles. The topological polar surface area (TPSA) is 113 Å². The van der Waals surface area contributed by atoms with E-state index in [4.69, 9.17) is 0 Å². The van der Waals surface area contributed by atoms with Gasteiger partial charge in [-0.05, 0) is 56.4 Å². The van der Waals surface area contributed by atoms with Crippen molar-refractivity contribution >= 4 is 26.0 Å². The Morgan fingerprint density at radius 1 is 1.09 bits per heavy atom. The molecule has 35 heavy (non-hydrogen) atoms. The van der Waals surface area contributed by atoms with Gasteiger partial charge in [-0.3, -0.25) is 4.79 Å². The second kappa shape index (κ2) is 11.5. The SMILES string of the molecule is C=CS(=O)(=O)NC[C@H]1CCCN1S(=O)(=O)c1ccc(C(Cc2ccccc2)C(=O)NC(C)C)cc1. The molecule has 1 unspecified atom stereocenters. The van der Waals surface area contributed by atoms with Gasteiger partial charge in [0.1, 0.15) is 0 Å². The number of hydrogen-bond acceptors (Lipinski definition) is 5. The summed E-state index contributed by atoms with van der Waals surface area (Å²) in [5.74, 6) is -0.585. The fourth-order valence-electron chi connectivity index (χ4n) is 4.21. The number of sulfonamides is 2. The van der Waals surface area contributed by atoms with Crippen LogP contribution in [0.25, 0.3) is 0 Å². The van der Waals surface area contributed by atoms with Crippen LogP contribution < -0.4 is 10.0 Å². The first kappa shape index (κ1) is 27.1. The summed E-state index contributed by atoms with van der Waals surface area (Å²) in [6, 6.07) is 15.6. The Morgan fingerprint density at radius 2 is 1.74 bits per heavy atom. The molecule has 0 aliphatic carbocycles. The van der Waals surface area contributed by atoms with Gasteiger partial charge in [-0.2, -0.15) is 4.31 Å². The van der Waals surface area contributed by atoms with Gasteiger partial charge in [0.25, 0.3) is 0 Å². The summed E-state index contributed by atoms with van der Waals surface area (Å²) in [6.45, 7) is 7.36. The monoisotopic (exact) mass is 519 g/mol. The van der Waals surface area contributed by atoms with Crippen molar-refractivity contribution in [2.45, 2.75) is 56.0 Å². The predicted molar refractivity (Wildman–Crippen MR) is 137 cm³/mol. The Morgan fingerprint density at radius 3 is 2.34 bits per heavy atom. The van der Waals surface area contributed by atoms with Crippen LogP contribution in [0.3, 0.4) is 0 Å². The van der Waals surface area contributed by atoms with Crippen LogP contribution in [0, 0.1) is 0 Å². The Balaban J connectivity index is 1.82. The lowest BCUT2D eigenvalue weighted by Gasteiger charge is -2.24. The first-order valence-corrected chi connectivity index (χ1v) is 14.6. The minimum atomic E-state index is -3.83. The molecule has 2 N–H and O–H groups in total. The van der Waals surface area contributed by atoms with Crippen molar-refractivity contribution in [2.24, 2.45) is 0 Å². The molecule has 0 spiro atoms. The summed E-state index contributed by atoms with van der Waals surface area (Å²) in [4.78, 5) is 13.1. The molecule has 2 aromatic carbocycles. The summed E-state index contributed by atoms with van der Waals surface area (Å²) in [7, 11) is -7.47. The third-order valence-corrected chi connectivity index (χ3v) is 8.96. The maximum Gasteiger partial charge on any atom is 0.243 e. The number of hydrogen-bond donors (Lipinski definition) is 2. The summed E-state index contributed by atoms with van der Waals surface area (Å²) < 4.78 is 53.8. The zero-order valence-corrected chi connectivity index (χ0v) is 21.7. The van der Waals surface area contributed by atoms with E-state index in [0.717, 1.165) is 16.5 Å². The number of benzene rings is 2. The van der Waals surface area contributed by atoms with Crippen molar-refractivity contribution in [1.82, 2.24) is 14.3 Å². The van der Waals surface area contributed by atoms with E-state index in [1.807, 2.05) is 44.2 Å². The molecule has 1 heterocycles. The van der Waals surface area contributed by atoms with Crippen LogP contribution in [-0.4, -0.2) is 52.2 Å². The van der Waals surface area contributed by atoms with E-state index in [9.17, 15) is 21.6 Å². The highest BCUT2D eigenvalue weighted by molar-refractivity contribution is 7.92. The van der Waals surface area contributed by atoms with E-state index in [2.05, 4.69) is 16.6 Å². The average molecular weight is 520 g/mol. The van der Waals surface area contributed by atoms with Crippen LogP contribution in [-0.2, 0) is 31.3 Å². The van der Waals surface area contributed by atoms with E-state index in [1.54, 1.807) is 12.1 Å². The first-order valence-electron chi connectivity index (χ1n) is 11.6. The molecule has 0 saturated carbocycles. The number of amides is 1. The second-order valence-electron chi connectivity index (χ2n) is 8.95. The number of nitrogens with one attached hydrogen (secondary N) is 2. The van der Waals surface area contributed by atoms with Crippen molar-refractivity contribution in [3.05, 3.63) is 77.7 Å². The zero-order chi connectivity index (χ0) is 25.6. The van der Waals surface area contributed by atoms with Gasteiger partial charge in [-0.1, -0.05) is 49.0 Å². The maximum absolute atomic E-state index is 13.3. The highest BCUT2D eigenvalue weighted by atomic mass is 32.2. The van der Waals surface area contributed by atoms with Crippen LogP contribution in [0.4, 0.5) is 0 Å². The molecule has 0 radical (unpaired) electrons. The van der Waals surface area contributed by atoms with E-state index in [0.29, 0.717) is 25.8 Å². The molecule has 2 aromatic rings. The summed E-state index contributed by atoms with van der Waals surface area (Å²) in [5, 5.41) is 3.77. The van der Waals surface area contributed by atoms with Crippen LogP contribution >= 0.6 is 0 Å². The summed E-state index contributed by atoms with van der Waals surface area (Å²) >= 11 is 0. The molecule has 1 amide bonds. The Kier molecular flexibility index (Phi) is 8.87. The van der Waals surface area contributed by atoms with Crippen LogP contribution in [0.5, 0.6) is 0 Å². The highest BCUT2D eigenvalue weighted by Crippen LogP contribution is 2.28. The van der Waals surface area contributed by atoms with E-state index in [1.165, 1.54) is 16.4 Å². The molecule has 1 saturated heterocycles. The molecule has 8 nitrogen and oxygen atoms in total. The molecule has 3 rings (SSSR count). The van der Waals surface area contributed by atoms with Gasteiger partial charge in [-0.15, -0.1) is 0 Å². The molecule has 0 bridgehead atoms. The lowest BCUT2D eigenvalue weighted by Crippen LogP contribution is -2.42. The molecule has 0 aromatic heterocycles. The normalized spacial score (nSPS) is 17.9. The number of carbonyl (C=O) groups excluding carboxylic acids is 1. The Bertz CT molecular complexity index is 1230. The molecule has 1 fully saturated rings. The van der Waals surface area contributed by atoms with Crippen molar-refractivity contribution in [2.75, 3.05) is 13.1 Å². The fourth-order valence-corrected chi connectivity index (χ4v) is 6.44. The fraction of sp³-hybridized carbons (Fsp3) is 0.400. The van der Waals surface area contributed by atoms with Gasteiger partial charge in [-0.25, -0.2) is 21.6 Å². The minimum absolute atomic E-state index is 0.0137. The smallest absolute Gasteiger partial charge is 0.243 e. The zero-order valence-electron chi connectivity index (χ0n) is 20.1. The van der Waals surface area contributed by atoms with Crippen molar-refractivity contribution in [3.8, 4) is 0 Å². The molecule has 190 valence electrons. The number of rotatable bonds is 11. The number of carbonyl (C=O) groups is 1. The largest absolute Gasteiger partial charge is 0.353 e. The van der Waals surface area contributed by atoms with Crippen LogP contribution in [0.15, 0.2) is 71.5 Å². The van der Waals surface area contributed by atoms with Crippen molar-refractivity contribution in [3.63, 3.8) is 0 Å². The van der Waals surface area contributed by atoms with Crippen LogP contribution in [0.1, 0.15) is 43.7 Å². The van der Waals surface area contributed by atoms with E-state index >= 15 is 0 Å². The van der Waals surface area contributed by atoms with Gasteiger partial charge in [0.05, 0.1) is 10.8 Å². The summed E-state index contributed by atoms with van der Waals surface area (Å²) in [5.41, 5.74) is 1.73. The quantitative estimate of drug-likeness (QED) is 0.474. The molecular formula is C25H33N3O5S2. The molecule has 10 heteroatoms. The predicted octanol–water partition coefficient (Wildman–Crippen LogP) is 2.75. The molecular weight excluding hydrogens is 486 g/mol. The molecule has 1 aliphatic rings. The second-order valence-corrected chi connectivity index (χ2v) is 12.5. The number of nitrogens with zero attached hydrogens (tertiary/aromatic N) is 1. The summed E-state index contributed by atoms with van der Waals surface area (Å²) in [6.07, 6.45) is 1.70. The third-order valence-electron chi connectivity index (χ3n) is 5.98. The first-order chi connectivity index (χ1) is 16.5. The standard InChI is InChI=1S/C25H33N3O5S2/c1-4-34(30,31)26-18-22-11-8-16-28(22)35(32,33)23-14-12-21(13-15-23)24(25(29)27-19(2)3)17-20-9-6-5-7-10-20/h4-7,9-10,12-15,19,22,24,26H,1,8,11,16-18H2,2-3H3,(H,27,29)/t22-,24?/m1/s1. The Hall–Kier alpha value is -2.53. The van der Waals surface area contributed by atoms with E-state index < -0.39 is 32.0 Å².